The summed E-state index contributed by atoms with van der Waals surface area (Å²) in [5, 5.41) is 21.3. The number of aliphatic hydroxyl groups is 1. The van der Waals surface area contributed by atoms with Crippen molar-refractivity contribution in [2.24, 2.45) is 5.14 Å². The van der Waals surface area contributed by atoms with Crippen LogP contribution in [0.1, 0.15) is 13.8 Å². The molecule has 0 spiro atoms. The van der Waals surface area contributed by atoms with Crippen LogP contribution < -0.4 is 15.8 Å². The molecule has 0 radical (unpaired) electrons. The average molecular weight is 414 g/mol. The number of aromatic nitrogens is 2. The molecule has 2 aromatic rings. The van der Waals surface area contributed by atoms with Gasteiger partial charge in [0.25, 0.3) is 0 Å². The van der Waals surface area contributed by atoms with Crippen molar-refractivity contribution in [3.05, 3.63) is 34.9 Å². The number of nitrogens with one attached hydrogen (secondary N) is 2. The minimum Gasteiger partial charge on any atom is -0.391 e. The lowest BCUT2D eigenvalue weighted by Gasteiger charge is -2.18. The van der Waals surface area contributed by atoms with E-state index in [1.807, 2.05) is 6.92 Å². The molecule has 1 aromatic heterocycles. The predicted molar refractivity (Wildman–Crippen MR) is 102 cm³/mol. The smallest absolute Gasteiger partial charge is 0.229 e. The Bertz CT molecular complexity index is 809. The Balaban J connectivity index is 2.18. The van der Waals surface area contributed by atoms with Gasteiger partial charge in [0, 0.05) is 16.8 Å². The molecule has 9 heteroatoms. The molecule has 5 N–H and O–H groups in total. The molecule has 7 nitrogen and oxygen atoms in total. The number of hydrogen-bond donors (Lipinski definition) is 4. The van der Waals surface area contributed by atoms with E-state index in [1.54, 1.807) is 37.4 Å². The lowest BCUT2D eigenvalue weighted by molar-refractivity contribution is 0.177. The lowest BCUT2D eigenvalue weighted by atomic mass is 10.2. The highest BCUT2D eigenvalue weighted by molar-refractivity contribution is 9.10. The molecular formula is C15H20BrN5O2S. The third-order valence-electron chi connectivity index (χ3n) is 3.34. The molecule has 2 rings (SSSR count). The summed E-state index contributed by atoms with van der Waals surface area (Å²) in [6.07, 6.45) is 1.09. The largest absolute Gasteiger partial charge is 0.391 e. The highest BCUT2D eigenvalue weighted by Gasteiger charge is 2.12. The topological polar surface area (TPSA) is 113 Å². The number of anilines is 3. The summed E-state index contributed by atoms with van der Waals surface area (Å²) in [6, 6.07) is 6.57. The van der Waals surface area contributed by atoms with E-state index < -0.39 is 15.8 Å². The molecule has 1 heterocycles. The molecule has 0 aliphatic rings. The standard InChI is InChI=1S/C15H20BrN5O2S/c1-9(10(2)22)19-14-13(16)8-18-15(21-14)20-11-4-6-12(7-5-11)24(3,17)23/h4-10,22H,3H2,1-2H3,(H2,17,23)(H2,18,19,20,21)/t9-,10-,24?/m1/s1. The van der Waals surface area contributed by atoms with E-state index in [4.69, 9.17) is 5.14 Å². The lowest BCUT2D eigenvalue weighted by Crippen LogP contribution is -2.28. The van der Waals surface area contributed by atoms with E-state index in [2.05, 4.69) is 42.4 Å². The van der Waals surface area contributed by atoms with Gasteiger partial charge in [0.05, 0.1) is 26.3 Å². The van der Waals surface area contributed by atoms with Crippen molar-refractivity contribution in [1.82, 2.24) is 9.97 Å². The molecule has 0 fully saturated rings. The Hall–Kier alpha value is -1.68. The minimum atomic E-state index is -2.73. The first kappa shape index (κ1) is 18.7. The number of aliphatic hydroxyl groups excluding tert-OH is 1. The second-order valence-electron chi connectivity index (χ2n) is 5.44. The molecule has 0 saturated heterocycles. The molecule has 0 aliphatic heterocycles. The van der Waals surface area contributed by atoms with E-state index in [9.17, 15) is 9.32 Å². The van der Waals surface area contributed by atoms with Crippen molar-refractivity contribution in [3.8, 4) is 0 Å². The Morgan fingerprint density at radius 3 is 2.50 bits per heavy atom. The molecule has 24 heavy (non-hydrogen) atoms. The molecule has 1 aromatic carbocycles. The van der Waals surface area contributed by atoms with Crippen molar-refractivity contribution < 1.29 is 9.32 Å². The number of hydrogen-bond acceptors (Lipinski definition) is 6. The van der Waals surface area contributed by atoms with Gasteiger partial charge in [-0.1, -0.05) is 0 Å². The fraction of sp³-hybridized carbons (Fsp3) is 0.267. The zero-order valence-corrected chi connectivity index (χ0v) is 15.8. The summed E-state index contributed by atoms with van der Waals surface area (Å²) in [6.45, 7) is 3.56. The van der Waals surface area contributed by atoms with Crippen LogP contribution in [-0.4, -0.2) is 37.3 Å². The van der Waals surface area contributed by atoms with Gasteiger partial charge >= 0.3 is 0 Å². The van der Waals surface area contributed by atoms with E-state index >= 15 is 0 Å². The van der Waals surface area contributed by atoms with Crippen LogP contribution in [0.4, 0.5) is 17.5 Å². The summed E-state index contributed by atoms with van der Waals surface area (Å²) < 4.78 is 12.4. The van der Waals surface area contributed by atoms with Gasteiger partial charge in [-0.3, -0.25) is 5.14 Å². The van der Waals surface area contributed by atoms with Gasteiger partial charge in [-0.05, 0) is 59.9 Å². The van der Waals surface area contributed by atoms with Crippen LogP contribution in [-0.2, 0) is 9.71 Å². The number of halogens is 1. The maximum Gasteiger partial charge on any atom is 0.229 e. The molecule has 3 atom stereocenters. The number of rotatable bonds is 6. The van der Waals surface area contributed by atoms with Gasteiger partial charge < -0.3 is 15.7 Å². The second-order valence-corrected chi connectivity index (χ2v) is 8.22. The Morgan fingerprint density at radius 2 is 1.96 bits per heavy atom. The number of nitrogens with zero attached hydrogens (tertiary/aromatic N) is 2. The van der Waals surface area contributed by atoms with E-state index in [0.29, 0.717) is 21.1 Å². The number of benzene rings is 1. The van der Waals surface area contributed by atoms with Crippen molar-refractivity contribution in [3.63, 3.8) is 0 Å². The third kappa shape index (κ3) is 4.91. The van der Waals surface area contributed by atoms with Gasteiger partial charge in [0.2, 0.25) is 5.95 Å². The van der Waals surface area contributed by atoms with E-state index in [0.717, 1.165) is 5.69 Å². The summed E-state index contributed by atoms with van der Waals surface area (Å²) in [4.78, 5) is 9.04. The Kier molecular flexibility index (Phi) is 5.81. The Morgan fingerprint density at radius 1 is 1.33 bits per heavy atom. The average Bonchev–Trinajstić information content (AvgIpc) is 2.50. The van der Waals surface area contributed by atoms with Crippen molar-refractivity contribution >= 4 is 49.0 Å². The SMILES string of the molecule is C=S(N)(=O)c1ccc(Nc2ncc(Br)c(N[C@H](C)[C@@H](C)O)n2)cc1. The van der Waals surface area contributed by atoms with Crippen molar-refractivity contribution in [1.29, 1.82) is 0 Å². The van der Waals surface area contributed by atoms with Crippen LogP contribution in [0, 0.1) is 0 Å². The first-order chi connectivity index (χ1) is 11.2. The monoisotopic (exact) mass is 413 g/mol. The van der Waals surface area contributed by atoms with Gasteiger partial charge in [0.1, 0.15) is 5.82 Å². The van der Waals surface area contributed by atoms with Crippen LogP contribution in [0.15, 0.2) is 39.8 Å². The van der Waals surface area contributed by atoms with Gasteiger partial charge in [-0.2, -0.15) is 4.98 Å². The summed E-state index contributed by atoms with van der Waals surface area (Å²) >= 11 is 3.38. The maximum absolute atomic E-state index is 11.7. The quantitative estimate of drug-likeness (QED) is 0.539. The van der Waals surface area contributed by atoms with E-state index in [1.165, 1.54) is 0 Å². The molecule has 0 aliphatic carbocycles. The van der Waals surface area contributed by atoms with Gasteiger partial charge in [0.15, 0.2) is 0 Å². The van der Waals surface area contributed by atoms with E-state index in [-0.39, 0.29) is 6.04 Å². The fourth-order valence-electron chi connectivity index (χ4n) is 1.76. The first-order valence-corrected chi connectivity index (χ1v) is 9.74. The molecule has 130 valence electrons. The minimum absolute atomic E-state index is 0.168. The summed E-state index contributed by atoms with van der Waals surface area (Å²) in [5.41, 5.74) is 0.722. The second kappa shape index (κ2) is 7.47. The Labute approximate surface area is 150 Å². The molecule has 0 amide bonds. The fourth-order valence-corrected chi connectivity index (χ4v) is 2.66. The van der Waals surface area contributed by atoms with Crippen LogP contribution in [0.5, 0.6) is 0 Å². The normalized spacial score (nSPS) is 16.0. The molecule has 0 bridgehead atoms. The molecular weight excluding hydrogens is 394 g/mol. The van der Waals surface area contributed by atoms with Crippen LogP contribution >= 0.6 is 15.9 Å². The maximum atomic E-state index is 11.7. The van der Waals surface area contributed by atoms with Gasteiger partial charge in [-0.25, -0.2) is 9.19 Å². The van der Waals surface area contributed by atoms with Crippen LogP contribution in [0.3, 0.4) is 0 Å². The van der Waals surface area contributed by atoms with Crippen molar-refractivity contribution in [2.45, 2.75) is 30.9 Å². The third-order valence-corrected chi connectivity index (χ3v) is 4.99. The number of nitrogens with two attached hydrogens (primary N) is 1. The van der Waals surface area contributed by atoms with Crippen LogP contribution in [0.25, 0.3) is 0 Å². The zero-order chi connectivity index (χ0) is 17.9. The highest BCUT2D eigenvalue weighted by atomic mass is 79.9. The first-order valence-electron chi connectivity index (χ1n) is 7.16. The molecule has 1 unspecified atom stereocenters. The van der Waals surface area contributed by atoms with Crippen LogP contribution in [0.2, 0.25) is 0 Å². The summed E-state index contributed by atoms with van der Waals surface area (Å²) in [5.74, 6) is 4.40. The zero-order valence-electron chi connectivity index (χ0n) is 13.4. The summed E-state index contributed by atoms with van der Waals surface area (Å²) in [7, 11) is -2.73. The highest BCUT2D eigenvalue weighted by Crippen LogP contribution is 2.23. The predicted octanol–water partition coefficient (Wildman–Crippen LogP) is 2.11. The van der Waals surface area contributed by atoms with Gasteiger partial charge in [-0.15, -0.1) is 0 Å². The van der Waals surface area contributed by atoms with Crippen molar-refractivity contribution in [2.75, 3.05) is 10.6 Å². The molecule has 0 saturated carbocycles.